The molecule has 0 aromatic carbocycles. The van der Waals surface area contributed by atoms with Gasteiger partial charge in [0.05, 0.1) is 5.92 Å². The van der Waals surface area contributed by atoms with E-state index >= 15 is 0 Å². The number of carbonyl (C=O) groups is 1. The molecule has 1 aliphatic heterocycles. The van der Waals surface area contributed by atoms with Gasteiger partial charge in [0.2, 0.25) is 0 Å². The van der Waals surface area contributed by atoms with Gasteiger partial charge in [0, 0.05) is 18.6 Å². The molecule has 4 heteroatoms. The third-order valence-electron chi connectivity index (χ3n) is 2.51. The number of hydrogen-bond donors (Lipinski definition) is 1. The SMILES string of the molecule is CC(=CCl)CN1CCCC(C(=O)O)C1. The molecule has 14 heavy (non-hydrogen) atoms. The monoisotopic (exact) mass is 217 g/mol. The van der Waals surface area contributed by atoms with Crippen molar-refractivity contribution in [3.63, 3.8) is 0 Å². The van der Waals surface area contributed by atoms with Crippen LogP contribution >= 0.6 is 11.6 Å². The summed E-state index contributed by atoms with van der Waals surface area (Å²) in [5.74, 6) is -0.880. The molecule has 0 bridgehead atoms. The van der Waals surface area contributed by atoms with Crippen molar-refractivity contribution >= 4 is 17.6 Å². The summed E-state index contributed by atoms with van der Waals surface area (Å²) in [4.78, 5) is 12.9. The van der Waals surface area contributed by atoms with Crippen LogP contribution in [-0.2, 0) is 4.79 Å². The highest BCUT2D eigenvalue weighted by molar-refractivity contribution is 6.25. The van der Waals surface area contributed by atoms with E-state index in [1.807, 2.05) is 6.92 Å². The van der Waals surface area contributed by atoms with Crippen molar-refractivity contribution in [1.82, 2.24) is 4.90 Å². The van der Waals surface area contributed by atoms with E-state index in [1.54, 1.807) is 5.54 Å². The molecule has 1 rings (SSSR count). The number of rotatable bonds is 3. The molecule has 1 atom stereocenters. The Bertz CT molecular complexity index is 240. The fourth-order valence-electron chi connectivity index (χ4n) is 1.79. The maximum atomic E-state index is 10.8. The highest BCUT2D eigenvalue weighted by atomic mass is 35.5. The molecular formula is C10H16ClNO2. The Morgan fingerprint density at radius 2 is 2.43 bits per heavy atom. The number of carboxylic acids is 1. The lowest BCUT2D eigenvalue weighted by Crippen LogP contribution is -2.39. The summed E-state index contributed by atoms with van der Waals surface area (Å²) in [5, 5.41) is 8.88. The summed E-state index contributed by atoms with van der Waals surface area (Å²) in [6.07, 6.45) is 1.77. The third-order valence-corrected chi connectivity index (χ3v) is 2.89. The number of nitrogens with zero attached hydrogens (tertiary/aromatic N) is 1. The number of hydrogen-bond acceptors (Lipinski definition) is 2. The van der Waals surface area contributed by atoms with Crippen LogP contribution in [0.5, 0.6) is 0 Å². The summed E-state index contributed by atoms with van der Waals surface area (Å²) in [6, 6.07) is 0. The highest BCUT2D eigenvalue weighted by Crippen LogP contribution is 2.17. The zero-order chi connectivity index (χ0) is 10.6. The number of halogens is 1. The van der Waals surface area contributed by atoms with E-state index in [0.717, 1.165) is 31.5 Å². The van der Waals surface area contributed by atoms with Crippen molar-refractivity contribution in [1.29, 1.82) is 0 Å². The van der Waals surface area contributed by atoms with Crippen LogP contribution in [0.25, 0.3) is 0 Å². The van der Waals surface area contributed by atoms with Crippen molar-refractivity contribution in [3.05, 3.63) is 11.1 Å². The Kier molecular flexibility index (Phi) is 4.42. The molecule has 1 N–H and O–H groups in total. The van der Waals surface area contributed by atoms with Gasteiger partial charge in [-0.15, -0.1) is 0 Å². The van der Waals surface area contributed by atoms with Crippen molar-refractivity contribution < 1.29 is 9.90 Å². The van der Waals surface area contributed by atoms with Crippen LogP contribution in [0.4, 0.5) is 0 Å². The maximum Gasteiger partial charge on any atom is 0.307 e. The summed E-state index contributed by atoms with van der Waals surface area (Å²) in [5.41, 5.74) is 2.64. The maximum absolute atomic E-state index is 10.8. The van der Waals surface area contributed by atoms with Gasteiger partial charge in [-0.3, -0.25) is 9.69 Å². The lowest BCUT2D eigenvalue weighted by molar-refractivity contribution is -0.143. The fourth-order valence-corrected chi connectivity index (χ4v) is 1.86. The summed E-state index contributed by atoms with van der Waals surface area (Å²) in [6.45, 7) is 4.37. The average molecular weight is 218 g/mol. The lowest BCUT2D eigenvalue weighted by atomic mass is 9.98. The Morgan fingerprint density at radius 1 is 1.71 bits per heavy atom. The zero-order valence-corrected chi connectivity index (χ0v) is 9.13. The zero-order valence-electron chi connectivity index (χ0n) is 8.37. The second-order valence-corrected chi connectivity index (χ2v) is 4.09. The van der Waals surface area contributed by atoms with Gasteiger partial charge in [0.15, 0.2) is 0 Å². The second kappa shape index (κ2) is 5.37. The van der Waals surface area contributed by atoms with E-state index in [-0.39, 0.29) is 5.92 Å². The van der Waals surface area contributed by atoms with Crippen LogP contribution in [0.3, 0.4) is 0 Å². The van der Waals surface area contributed by atoms with Gasteiger partial charge >= 0.3 is 5.97 Å². The second-order valence-electron chi connectivity index (χ2n) is 3.87. The van der Waals surface area contributed by atoms with Gasteiger partial charge < -0.3 is 5.11 Å². The largest absolute Gasteiger partial charge is 0.481 e. The third kappa shape index (κ3) is 3.31. The van der Waals surface area contributed by atoms with Crippen LogP contribution in [0, 0.1) is 5.92 Å². The van der Waals surface area contributed by atoms with E-state index < -0.39 is 5.97 Å². The minimum Gasteiger partial charge on any atom is -0.481 e. The minimum atomic E-state index is -0.679. The molecule has 1 unspecified atom stereocenters. The quantitative estimate of drug-likeness (QED) is 0.786. The molecule has 0 aliphatic carbocycles. The average Bonchev–Trinajstić information content (AvgIpc) is 2.18. The first kappa shape index (κ1) is 11.5. The number of carboxylic acid groups (broad SMARTS) is 1. The van der Waals surface area contributed by atoms with Crippen LogP contribution < -0.4 is 0 Å². The Balaban J connectivity index is 2.44. The van der Waals surface area contributed by atoms with Gasteiger partial charge in [-0.2, -0.15) is 0 Å². The topological polar surface area (TPSA) is 40.5 Å². The van der Waals surface area contributed by atoms with Crippen LogP contribution in [0.2, 0.25) is 0 Å². The molecular weight excluding hydrogens is 202 g/mol. The van der Waals surface area contributed by atoms with Gasteiger partial charge in [-0.05, 0) is 31.9 Å². The van der Waals surface area contributed by atoms with Gasteiger partial charge in [0.25, 0.3) is 0 Å². The predicted octanol–water partition coefficient (Wildman–Crippen LogP) is 1.93. The highest BCUT2D eigenvalue weighted by Gasteiger charge is 2.24. The molecule has 0 spiro atoms. The Labute approximate surface area is 89.3 Å². The molecule has 1 fully saturated rings. The first-order valence-electron chi connectivity index (χ1n) is 4.84. The van der Waals surface area contributed by atoms with Crippen molar-refractivity contribution in [3.8, 4) is 0 Å². The van der Waals surface area contributed by atoms with Crippen LogP contribution in [0.1, 0.15) is 19.8 Å². The minimum absolute atomic E-state index is 0.202. The molecule has 0 saturated carbocycles. The molecule has 1 heterocycles. The Morgan fingerprint density at radius 3 is 3.00 bits per heavy atom. The van der Waals surface area contributed by atoms with Gasteiger partial charge in [-0.1, -0.05) is 11.6 Å². The van der Waals surface area contributed by atoms with Crippen molar-refractivity contribution in [2.45, 2.75) is 19.8 Å². The first-order valence-corrected chi connectivity index (χ1v) is 5.28. The molecule has 80 valence electrons. The summed E-state index contributed by atoms with van der Waals surface area (Å²) >= 11 is 5.57. The van der Waals surface area contributed by atoms with Crippen molar-refractivity contribution in [2.75, 3.05) is 19.6 Å². The van der Waals surface area contributed by atoms with Gasteiger partial charge in [0.1, 0.15) is 0 Å². The van der Waals surface area contributed by atoms with Gasteiger partial charge in [-0.25, -0.2) is 0 Å². The first-order chi connectivity index (χ1) is 6.63. The smallest absolute Gasteiger partial charge is 0.307 e. The molecule has 0 aromatic rings. The van der Waals surface area contributed by atoms with E-state index in [9.17, 15) is 4.79 Å². The lowest BCUT2D eigenvalue weighted by Gasteiger charge is -2.30. The standard InChI is InChI=1S/C10H16ClNO2/c1-8(5-11)6-12-4-2-3-9(7-12)10(13)14/h5,9H,2-4,6-7H2,1H3,(H,13,14). The summed E-state index contributed by atoms with van der Waals surface area (Å²) in [7, 11) is 0. The summed E-state index contributed by atoms with van der Waals surface area (Å²) < 4.78 is 0. The predicted molar refractivity (Wildman–Crippen MR) is 56.4 cm³/mol. The molecule has 0 aromatic heterocycles. The van der Waals surface area contributed by atoms with E-state index in [1.165, 1.54) is 0 Å². The van der Waals surface area contributed by atoms with E-state index in [2.05, 4.69) is 4.90 Å². The molecule has 0 radical (unpaired) electrons. The number of piperidine rings is 1. The molecule has 1 saturated heterocycles. The number of aliphatic carboxylic acids is 1. The normalized spacial score (nSPS) is 25.0. The van der Waals surface area contributed by atoms with Crippen LogP contribution in [0.15, 0.2) is 11.1 Å². The molecule has 3 nitrogen and oxygen atoms in total. The fraction of sp³-hybridized carbons (Fsp3) is 0.700. The number of likely N-dealkylation sites (tertiary alicyclic amines) is 1. The Hall–Kier alpha value is -0.540. The molecule has 0 amide bonds. The molecule has 1 aliphatic rings. The van der Waals surface area contributed by atoms with E-state index in [0.29, 0.717) is 6.54 Å². The van der Waals surface area contributed by atoms with Crippen LogP contribution in [-0.4, -0.2) is 35.6 Å². The van der Waals surface area contributed by atoms with Crippen molar-refractivity contribution in [2.24, 2.45) is 5.92 Å². The van der Waals surface area contributed by atoms with E-state index in [4.69, 9.17) is 16.7 Å².